The van der Waals surface area contributed by atoms with Crippen molar-refractivity contribution in [1.29, 1.82) is 0 Å². The van der Waals surface area contributed by atoms with Crippen LogP contribution in [-0.2, 0) is 0 Å². The van der Waals surface area contributed by atoms with Crippen molar-refractivity contribution in [1.82, 2.24) is 10.2 Å². The van der Waals surface area contributed by atoms with Gasteiger partial charge in [-0.3, -0.25) is 4.90 Å². The number of halogens is 3. The third-order valence-corrected chi connectivity index (χ3v) is 3.62. The Morgan fingerprint density at radius 1 is 1.19 bits per heavy atom. The summed E-state index contributed by atoms with van der Waals surface area (Å²) in [4.78, 5) is 1.46. The molecule has 2 saturated carbocycles. The van der Waals surface area contributed by atoms with Crippen LogP contribution in [-0.4, -0.2) is 43.3 Å². The SMILES string of the molecule is CN(CC(F)(F)F)C1CCC1CNC1CC1. The molecule has 0 aromatic heterocycles. The van der Waals surface area contributed by atoms with Crippen LogP contribution >= 0.6 is 0 Å². The predicted octanol–water partition coefficient (Wildman–Crippen LogP) is 2.01. The van der Waals surface area contributed by atoms with E-state index in [9.17, 15) is 13.2 Å². The van der Waals surface area contributed by atoms with E-state index in [2.05, 4.69) is 5.32 Å². The highest BCUT2D eigenvalue weighted by Crippen LogP contribution is 2.33. The van der Waals surface area contributed by atoms with Gasteiger partial charge in [0.05, 0.1) is 6.54 Å². The van der Waals surface area contributed by atoms with Crippen LogP contribution in [0.15, 0.2) is 0 Å². The number of alkyl halides is 3. The molecule has 2 unspecified atom stereocenters. The highest BCUT2D eigenvalue weighted by Gasteiger charge is 2.39. The van der Waals surface area contributed by atoms with E-state index in [0.29, 0.717) is 12.0 Å². The van der Waals surface area contributed by atoms with Gasteiger partial charge in [-0.2, -0.15) is 13.2 Å². The average molecular weight is 236 g/mol. The van der Waals surface area contributed by atoms with Gasteiger partial charge in [0.1, 0.15) is 0 Å². The number of rotatable bonds is 5. The Hall–Kier alpha value is -0.290. The second kappa shape index (κ2) is 4.53. The Morgan fingerprint density at radius 3 is 2.31 bits per heavy atom. The van der Waals surface area contributed by atoms with Crippen molar-refractivity contribution in [2.24, 2.45) is 5.92 Å². The zero-order valence-corrected chi connectivity index (χ0v) is 9.56. The van der Waals surface area contributed by atoms with E-state index < -0.39 is 12.7 Å². The molecule has 0 radical (unpaired) electrons. The van der Waals surface area contributed by atoms with Crippen LogP contribution in [0.25, 0.3) is 0 Å². The summed E-state index contributed by atoms with van der Waals surface area (Å²) >= 11 is 0. The van der Waals surface area contributed by atoms with Gasteiger partial charge in [-0.05, 0) is 45.2 Å². The first-order valence-electron chi connectivity index (χ1n) is 5.96. The van der Waals surface area contributed by atoms with E-state index in [1.165, 1.54) is 17.7 Å². The van der Waals surface area contributed by atoms with E-state index in [0.717, 1.165) is 19.4 Å². The summed E-state index contributed by atoms with van der Waals surface area (Å²) in [6.45, 7) is 0.106. The molecule has 2 rings (SSSR count). The van der Waals surface area contributed by atoms with Crippen LogP contribution in [0.4, 0.5) is 13.2 Å². The first-order valence-corrected chi connectivity index (χ1v) is 5.96. The molecule has 0 spiro atoms. The van der Waals surface area contributed by atoms with Gasteiger partial charge in [0.15, 0.2) is 0 Å². The molecule has 94 valence electrons. The Kier molecular flexibility index (Phi) is 3.45. The van der Waals surface area contributed by atoms with Crippen molar-refractivity contribution in [2.75, 3.05) is 20.1 Å². The summed E-state index contributed by atoms with van der Waals surface area (Å²) in [7, 11) is 1.58. The second-order valence-electron chi connectivity index (χ2n) is 5.12. The first kappa shape index (κ1) is 12.2. The fourth-order valence-corrected chi connectivity index (χ4v) is 2.38. The van der Waals surface area contributed by atoms with Gasteiger partial charge in [0.2, 0.25) is 0 Å². The van der Waals surface area contributed by atoms with Crippen molar-refractivity contribution in [2.45, 2.75) is 43.9 Å². The molecule has 1 N–H and O–H groups in total. The second-order valence-corrected chi connectivity index (χ2v) is 5.12. The minimum absolute atomic E-state index is 0.118. The number of hydrogen-bond donors (Lipinski definition) is 1. The van der Waals surface area contributed by atoms with E-state index in [1.54, 1.807) is 7.05 Å². The summed E-state index contributed by atoms with van der Waals surface area (Å²) in [5.41, 5.74) is 0. The van der Waals surface area contributed by atoms with Gasteiger partial charge in [0, 0.05) is 12.1 Å². The molecular formula is C11H19F3N2. The highest BCUT2D eigenvalue weighted by molar-refractivity contribution is 4.91. The third-order valence-electron chi connectivity index (χ3n) is 3.62. The summed E-state index contributed by atoms with van der Waals surface area (Å²) in [5, 5.41) is 3.40. The quantitative estimate of drug-likeness (QED) is 0.785. The lowest BCUT2D eigenvalue weighted by molar-refractivity contribution is -0.153. The average Bonchev–Trinajstić information content (AvgIpc) is 2.81. The topological polar surface area (TPSA) is 15.3 Å². The van der Waals surface area contributed by atoms with Gasteiger partial charge in [-0.15, -0.1) is 0 Å². The van der Waals surface area contributed by atoms with Crippen LogP contribution in [0.2, 0.25) is 0 Å². The molecular weight excluding hydrogens is 217 g/mol. The van der Waals surface area contributed by atoms with E-state index in [1.807, 2.05) is 0 Å². The normalized spacial score (nSPS) is 30.6. The lowest BCUT2D eigenvalue weighted by Gasteiger charge is -2.43. The lowest BCUT2D eigenvalue weighted by atomic mass is 9.78. The van der Waals surface area contributed by atoms with Crippen molar-refractivity contribution < 1.29 is 13.2 Å². The Morgan fingerprint density at radius 2 is 1.88 bits per heavy atom. The minimum atomic E-state index is -4.07. The van der Waals surface area contributed by atoms with Gasteiger partial charge in [0.25, 0.3) is 0 Å². The monoisotopic (exact) mass is 236 g/mol. The van der Waals surface area contributed by atoms with Crippen molar-refractivity contribution >= 4 is 0 Å². The van der Waals surface area contributed by atoms with E-state index in [-0.39, 0.29) is 6.04 Å². The van der Waals surface area contributed by atoms with Crippen LogP contribution in [0, 0.1) is 5.92 Å². The van der Waals surface area contributed by atoms with Crippen LogP contribution < -0.4 is 5.32 Å². The summed E-state index contributed by atoms with van der Waals surface area (Å²) < 4.78 is 36.7. The lowest BCUT2D eigenvalue weighted by Crippen LogP contribution is -2.51. The standard InChI is InChI=1S/C11H19F3N2/c1-16(7-11(12,13)14)10-5-2-8(10)6-15-9-3-4-9/h8-10,15H,2-7H2,1H3. The maximum atomic E-state index is 12.2. The molecule has 0 amide bonds. The summed E-state index contributed by atoms with van der Waals surface area (Å²) in [6, 6.07) is 0.766. The van der Waals surface area contributed by atoms with Gasteiger partial charge < -0.3 is 5.32 Å². The fourth-order valence-electron chi connectivity index (χ4n) is 2.38. The zero-order valence-electron chi connectivity index (χ0n) is 9.56. The van der Waals surface area contributed by atoms with Crippen LogP contribution in [0.5, 0.6) is 0 Å². The molecule has 2 fully saturated rings. The highest BCUT2D eigenvalue weighted by atomic mass is 19.4. The molecule has 2 aliphatic rings. The Labute approximate surface area is 94.2 Å². The molecule has 0 heterocycles. The van der Waals surface area contributed by atoms with Gasteiger partial charge in [-0.25, -0.2) is 0 Å². The molecule has 2 aliphatic carbocycles. The van der Waals surface area contributed by atoms with Crippen molar-refractivity contribution in [3.63, 3.8) is 0 Å². The molecule has 0 bridgehead atoms. The summed E-state index contributed by atoms with van der Waals surface area (Å²) in [6.07, 6.45) is 0.362. The van der Waals surface area contributed by atoms with Crippen molar-refractivity contribution in [3.8, 4) is 0 Å². The van der Waals surface area contributed by atoms with Crippen molar-refractivity contribution in [3.05, 3.63) is 0 Å². The first-order chi connectivity index (χ1) is 7.46. The maximum Gasteiger partial charge on any atom is 0.401 e. The van der Waals surface area contributed by atoms with Crippen LogP contribution in [0.1, 0.15) is 25.7 Å². The van der Waals surface area contributed by atoms with E-state index in [4.69, 9.17) is 0 Å². The van der Waals surface area contributed by atoms with Crippen LogP contribution in [0.3, 0.4) is 0 Å². The molecule has 2 atom stereocenters. The predicted molar refractivity (Wildman–Crippen MR) is 56.2 cm³/mol. The smallest absolute Gasteiger partial charge is 0.314 e. The number of hydrogen-bond acceptors (Lipinski definition) is 2. The third kappa shape index (κ3) is 3.35. The zero-order chi connectivity index (χ0) is 11.8. The minimum Gasteiger partial charge on any atom is -0.314 e. The van der Waals surface area contributed by atoms with Gasteiger partial charge >= 0.3 is 6.18 Å². The molecule has 2 nitrogen and oxygen atoms in total. The summed E-state index contributed by atoms with van der Waals surface area (Å²) in [5.74, 6) is 0.410. The largest absolute Gasteiger partial charge is 0.401 e. The number of nitrogens with one attached hydrogen (secondary N) is 1. The molecule has 0 aromatic rings. The fraction of sp³-hybridized carbons (Fsp3) is 1.00. The molecule has 0 aliphatic heterocycles. The molecule has 0 saturated heterocycles. The Balaban J connectivity index is 1.71. The van der Waals surface area contributed by atoms with E-state index >= 15 is 0 Å². The van der Waals surface area contributed by atoms with Gasteiger partial charge in [-0.1, -0.05) is 0 Å². The number of nitrogens with zero attached hydrogens (tertiary/aromatic N) is 1. The molecule has 0 aromatic carbocycles. The Bertz CT molecular complexity index is 238. The molecule has 16 heavy (non-hydrogen) atoms. The molecule has 5 heteroatoms. The maximum absolute atomic E-state index is 12.2.